The molecule has 0 bridgehead atoms. The first-order valence-electron chi connectivity index (χ1n) is 5.53. The SMILES string of the molecule is N#Cc1ccc2nc3[nH]c(CCN)c(Br)n3c2c1. The van der Waals surface area contributed by atoms with Gasteiger partial charge < -0.3 is 10.7 Å². The lowest BCUT2D eigenvalue weighted by Crippen LogP contribution is -2.03. The molecule has 0 radical (unpaired) electrons. The molecule has 0 unspecified atom stereocenters. The lowest BCUT2D eigenvalue weighted by molar-refractivity contribution is 0.928. The van der Waals surface area contributed by atoms with E-state index in [4.69, 9.17) is 11.0 Å². The molecule has 3 rings (SSSR count). The van der Waals surface area contributed by atoms with Gasteiger partial charge in [0.15, 0.2) is 0 Å². The Morgan fingerprint density at radius 1 is 1.50 bits per heavy atom. The van der Waals surface area contributed by atoms with E-state index in [0.29, 0.717) is 12.1 Å². The number of hydrogen-bond donors (Lipinski definition) is 2. The van der Waals surface area contributed by atoms with Crippen LogP contribution in [0, 0.1) is 11.3 Å². The summed E-state index contributed by atoms with van der Waals surface area (Å²) < 4.78 is 2.88. The van der Waals surface area contributed by atoms with E-state index < -0.39 is 0 Å². The summed E-state index contributed by atoms with van der Waals surface area (Å²) in [6, 6.07) is 7.59. The normalized spacial score (nSPS) is 11.2. The summed E-state index contributed by atoms with van der Waals surface area (Å²) in [4.78, 5) is 7.72. The number of imidazole rings is 2. The average Bonchev–Trinajstić information content (AvgIpc) is 2.87. The standard InChI is InChI=1S/C12H10BrN5/c13-11-9(3-4-14)17-12-16-8-2-1-7(6-15)5-10(8)18(11)12/h1-2,5H,3-4,14H2,(H,16,17). The van der Waals surface area contributed by atoms with E-state index >= 15 is 0 Å². The summed E-state index contributed by atoms with van der Waals surface area (Å²) in [5, 5.41) is 8.95. The second-order valence-electron chi connectivity index (χ2n) is 4.02. The molecular formula is C12H10BrN5. The number of hydrogen-bond acceptors (Lipinski definition) is 3. The van der Waals surface area contributed by atoms with Crippen LogP contribution in [0.5, 0.6) is 0 Å². The second-order valence-corrected chi connectivity index (χ2v) is 4.77. The van der Waals surface area contributed by atoms with Crippen molar-refractivity contribution in [2.24, 2.45) is 5.73 Å². The van der Waals surface area contributed by atoms with Crippen molar-refractivity contribution in [3.63, 3.8) is 0 Å². The van der Waals surface area contributed by atoms with Crippen LogP contribution in [0.1, 0.15) is 11.3 Å². The molecule has 3 N–H and O–H groups in total. The van der Waals surface area contributed by atoms with Gasteiger partial charge in [-0.25, -0.2) is 4.98 Å². The molecule has 90 valence electrons. The number of aromatic amines is 1. The van der Waals surface area contributed by atoms with Crippen molar-refractivity contribution in [2.75, 3.05) is 6.54 Å². The first kappa shape index (κ1) is 11.3. The third kappa shape index (κ3) is 1.52. The van der Waals surface area contributed by atoms with Gasteiger partial charge in [0.05, 0.1) is 28.4 Å². The lowest BCUT2D eigenvalue weighted by atomic mass is 10.2. The Bertz CT molecular complexity index is 777. The lowest BCUT2D eigenvalue weighted by Gasteiger charge is -1.96. The third-order valence-electron chi connectivity index (χ3n) is 2.89. The van der Waals surface area contributed by atoms with Crippen molar-refractivity contribution in [3.05, 3.63) is 34.1 Å². The highest BCUT2D eigenvalue weighted by atomic mass is 79.9. The smallest absolute Gasteiger partial charge is 0.213 e. The van der Waals surface area contributed by atoms with Gasteiger partial charge in [0.25, 0.3) is 0 Å². The molecule has 0 fully saturated rings. The van der Waals surface area contributed by atoms with Crippen LogP contribution >= 0.6 is 15.9 Å². The number of fused-ring (bicyclic) bond motifs is 3. The number of benzene rings is 1. The maximum absolute atomic E-state index is 8.95. The van der Waals surface area contributed by atoms with E-state index in [1.807, 2.05) is 16.5 Å². The van der Waals surface area contributed by atoms with E-state index in [2.05, 4.69) is 32.0 Å². The van der Waals surface area contributed by atoms with Crippen LogP contribution in [0.2, 0.25) is 0 Å². The highest BCUT2D eigenvalue weighted by Crippen LogP contribution is 2.25. The molecular weight excluding hydrogens is 294 g/mol. The number of halogens is 1. The number of aromatic nitrogens is 3. The zero-order chi connectivity index (χ0) is 12.7. The fraction of sp³-hybridized carbons (Fsp3) is 0.167. The van der Waals surface area contributed by atoms with Crippen LogP contribution in [0.3, 0.4) is 0 Å². The van der Waals surface area contributed by atoms with Crippen LogP contribution < -0.4 is 5.73 Å². The Kier molecular flexibility index (Phi) is 2.58. The highest BCUT2D eigenvalue weighted by Gasteiger charge is 2.13. The molecule has 2 heterocycles. The van der Waals surface area contributed by atoms with Crippen molar-refractivity contribution >= 4 is 32.7 Å². The molecule has 0 aliphatic heterocycles. The highest BCUT2D eigenvalue weighted by molar-refractivity contribution is 9.10. The van der Waals surface area contributed by atoms with E-state index in [-0.39, 0.29) is 0 Å². The molecule has 6 heteroatoms. The van der Waals surface area contributed by atoms with Gasteiger partial charge in [-0.3, -0.25) is 4.40 Å². The molecule has 0 saturated heterocycles. The molecule has 0 saturated carbocycles. The zero-order valence-corrected chi connectivity index (χ0v) is 11.0. The molecule has 5 nitrogen and oxygen atoms in total. The zero-order valence-electron chi connectivity index (χ0n) is 9.44. The van der Waals surface area contributed by atoms with Gasteiger partial charge >= 0.3 is 0 Å². The van der Waals surface area contributed by atoms with Gasteiger partial charge in [0, 0.05) is 6.42 Å². The van der Waals surface area contributed by atoms with Crippen molar-refractivity contribution in [3.8, 4) is 6.07 Å². The molecule has 18 heavy (non-hydrogen) atoms. The molecule has 0 aliphatic rings. The van der Waals surface area contributed by atoms with Gasteiger partial charge in [-0.05, 0) is 40.7 Å². The fourth-order valence-electron chi connectivity index (χ4n) is 2.06. The maximum atomic E-state index is 8.95. The second kappa shape index (κ2) is 4.12. The Hall–Kier alpha value is -1.84. The Labute approximate surface area is 111 Å². The molecule has 0 atom stereocenters. The summed E-state index contributed by atoms with van der Waals surface area (Å²) in [6.07, 6.45) is 0.753. The van der Waals surface area contributed by atoms with E-state index in [1.54, 1.807) is 6.07 Å². The van der Waals surface area contributed by atoms with Crippen molar-refractivity contribution in [1.29, 1.82) is 5.26 Å². The Balaban J connectivity index is 2.35. The number of H-pyrrole nitrogens is 1. The van der Waals surface area contributed by atoms with Crippen molar-refractivity contribution < 1.29 is 0 Å². The van der Waals surface area contributed by atoms with Crippen LogP contribution in [0.25, 0.3) is 16.8 Å². The minimum Gasteiger partial charge on any atom is -0.330 e. The van der Waals surface area contributed by atoms with Crippen LogP contribution in [0.15, 0.2) is 22.8 Å². The Morgan fingerprint density at radius 2 is 2.33 bits per heavy atom. The van der Waals surface area contributed by atoms with E-state index in [0.717, 1.165) is 33.5 Å². The monoisotopic (exact) mass is 303 g/mol. The molecule has 0 amide bonds. The van der Waals surface area contributed by atoms with Crippen molar-refractivity contribution in [2.45, 2.75) is 6.42 Å². The van der Waals surface area contributed by atoms with E-state index in [1.165, 1.54) is 0 Å². The molecule has 2 aromatic heterocycles. The van der Waals surface area contributed by atoms with Crippen LogP contribution in [-0.4, -0.2) is 20.9 Å². The molecule has 0 spiro atoms. The van der Waals surface area contributed by atoms with Gasteiger partial charge in [-0.1, -0.05) is 0 Å². The molecule has 0 aliphatic carbocycles. The summed E-state index contributed by atoms with van der Waals surface area (Å²) >= 11 is 3.55. The number of nitrogens with zero attached hydrogens (tertiary/aromatic N) is 3. The predicted molar refractivity (Wildman–Crippen MR) is 72.2 cm³/mol. The van der Waals surface area contributed by atoms with Crippen molar-refractivity contribution in [1.82, 2.24) is 14.4 Å². The van der Waals surface area contributed by atoms with Gasteiger partial charge in [0.2, 0.25) is 5.78 Å². The van der Waals surface area contributed by atoms with Gasteiger partial charge in [-0.2, -0.15) is 5.26 Å². The van der Waals surface area contributed by atoms with Gasteiger partial charge in [-0.15, -0.1) is 0 Å². The topological polar surface area (TPSA) is 82.9 Å². The number of nitrogens with two attached hydrogens (primary N) is 1. The number of rotatable bonds is 2. The average molecular weight is 304 g/mol. The predicted octanol–water partition coefficient (Wildman–Crippen LogP) is 1.95. The molecule has 1 aromatic carbocycles. The maximum Gasteiger partial charge on any atom is 0.213 e. The quantitative estimate of drug-likeness (QED) is 0.759. The minimum atomic E-state index is 0.573. The number of nitriles is 1. The van der Waals surface area contributed by atoms with E-state index in [9.17, 15) is 0 Å². The first-order chi connectivity index (χ1) is 8.74. The largest absolute Gasteiger partial charge is 0.330 e. The van der Waals surface area contributed by atoms with Gasteiger partial charge in [0.1, 0.15) is 4.60 Å². The summed E-state index contributed by atoms with van der Waals surface area (Å²) in [7, 11) is 0. The summed E-state index contributed by atoms with van der Waals surface area (Å²) in [5.41, 5.74) is 8.98. The number of nitrogens with one attached hydrogen (secondary N) is 1. The third-order valence-corrected chi connectivity index (χ3v) is 3.72. The van der Waals surface area contributed by atoms with Crippen LogP contribution in [0.4, 0.5) is 0 Å². The Morgan fingerprint density at radius 3 is 3.06 bits per heavy atom. The summed E-state index contributed by atoms with van der Waals surface area (Å²) in [6.45, 7) is 0.573. The molecule has 3 aromatic rings. The first-order valence-corrected chi connectivity index (χ1v) is 6.32. The van der Waals surface area contributed by atoms with Crippen LogP contribution in [-0.2, 0) is 6.42 Å². The fourth-order valence-corrected chi connectivity index (χ4v) is 2.72. The minimum absolute atomic E-state index is 0.573. The summed E-state index contributed by atoms with van der Waals surface area (Å²) in [5.74, 6) is 0.760.